The topological polar surface area (TPSA) is 75.8 Å². The third-order valence-electron chi connectivity index (χ3n) is 3.33. The molecule has 2 fully saturated rings. The maximum atomic E-state index is 11.9. The smallest absolute Gasteiger partial charge is 0.224 e. The second kappa shape index (κ2) is 5.12. The number of aliphatic hydroxyl groups is 1. The molecule has 1 aliphatic carbocycles. The van der Waals surface area contributed by atoms with Crippen molar-refractivity contribution in [3.63, 3.8) is 0 Å². The highest BCUT2D eigenvalue weighted by Gasteiger charge is 2.32. The van der Waals surface area contributed by atoms with Gasteiger partial charge in [0, 0.05) is 25.6 Å². The van der Waals surface area contributed by atoms with Gasteiger partial charge in [0.15, 0.2) is 0 Å². The van der Waals surface area contributed by atoms with Crippen LogP contribution in [-0.2, 0) is 9.53 Å². The molecule has 5 nitrogen and oxygen atoms in total. The Morgan fingerprint density at radius 1 is 1.56 bits per heavy atom. The summed E-state index contributed by atoms with van der Waals surface area (Å²) >= 11 is 0. The van der Waals surface area contributed by atoms with E-state index >= 15 is 0 Å². The zero-order valence-electron chi connectivity index (χ0n) is 9.47. The van der Waals surface area contributed by atoms with Gasteiger partial charge in [0.2, 0.25) is 5.91 Å². The number of hydrogen-bond acceptors (Lipinski definition) is 4. The van der Waals surface area contributed by atoms with Crippen molar-refractivity contribution in [1.82, 2.24) is 4.90 Å². The summed E-state index contributed by atoms with van der Waals surface area (Å²) in [5, 5.41) is 8.98. The SMILES string of the molecule is NC(CC(=O)N1CCOC(CO)C1)C1CC1. The maximum Gasteiger partial charge on any atom is 0.224 e. The Kier molecular flexibility index (Phi) is 3.78. The average molecular weight is 228 g/mol. The summed E-state index contributed by atoms with van der Waals surface area (Å²) in [6.07, 6.45) is 2.53. The van der Waals surface area contributed by atoms with Gasteiger partial charge in [-0.3, -0.25) is 4.79 Å². The molecule has 5 heteroatoms. The average Bonchev–Trinajstić information content (AvgIpc) is 3.13. The molecule has 3 N–H and O–H groups in total. The lowest BCUT2D eigenvalue weighted by Crippen LogP contribution is -2.48. The normalized spacial score (nSPS) is 27.9. The lowest BCUT2D eigenvalue weighted by Gasteiger charge is -2.32. The van der Waals surface area contributed by atoms with Gasteiger partial charge in [-0.2, -0.15) is 0 Å². The summed E-state index contributed by atoms with van der Waals surface area (Å²) in [6.45, 7) is 1.59. The first-order valence-corrected chi connectivity index (χ1v) is 5.96. The number of rotatable bonds is 4. The number of ether oxygens (including phenoxy) is 1. The van der Waals surface area contributed by atoms with Crippen molar-refractivity contribution in [1.29, 1.82) is 0 Å². The Hall–Kier alpha value is -0.650. The number of carbonyl (C=O) groups excluding carboxylic acids is 1. The molecule has 1 heterocycles. The third kappa shape index (κ3) is 2.93. The molecule has 0 radical (unpaired) electrons. The summed E-state index contributed by atoms with van der Waals surface area (Å²) in [5.41, 5.74) is 5.93. The van der Waals surface area contributed by atoms with Gasteiger partial charge in [0.1, 0.15) is 0 Å². The van der Waals surface area contributed by atoms with Crippen molar-refractivity contribution >= 4 is 5.91 Å². The van der Waals surface area contributed by atoms with Crippen molar-refractivity contribution in [3.05, 3.63) is 0 Å². The molecule has 1 aliphatic heterocycles. The van der Waals surface area contributed by atoms with Crippen LogP contribution in [0.4, 0.5) is 0 Å². The van der Waals surface area contributed by atoms with Crippen LogP contribution in [-0.4, -0.2) is 54.4 Å². The monoisotopic (exact) mass is 228 g/mol. The third-order valence-corrected chi connectivity index (χ3v) is 3.33. The van der Waals surface area contributed by atoms with Gasteiger partial charge in [-0.25, -0.2) is 0 Å². The first-order valence-electron chi connectivity index (χ1n) is 5.96. The molecule has 1 saturated carbocycles. The van der Waals surface area contributed by atoms with Gasteiger partial charge in [-0.15, -0.1) is 0 Å². The quantitative estimate of drug-likeness (QED) is 0.669. The standard InChI is InChI=1S/C11H20N2O3/c12-10(8-1-2-8)5-11(15)13-3-4-16-9(6-13)7-14/h8-10,14H,1-7,12H2. The summed E-state index contributed by atoms with van der Waals surface area (Å²) < 4.78 is 5.30. The van der Waals surface area contributed by atoms with Gasteiger partial charge < -0.3 is 20.5 Å². The molecule has 16 heavy (non-hydrogen) atoms. The lowest BCUT2D eigenvalue weighted by atomic mass is 10.1. The molecule has 2 rings (SSSR count). The van der Waals surface area contributed by atoms with Crippen LogP contribution in [0.3, 0.4) is 0 Å². The summed E-state index contributed by atoms with van der Waals surface area (Å²) in [7, 11) is 0. The van der Waals surface area contributed by atoms with E-state index in [1.54, 1.807) is 4.90 Å². The molecule has 2 aliphatic rings. The molecule has 2 atom stereocenters. The van der Waals surface area contributed by atoms with E-state index in [0.717, 1.165) is 12.8 Å². The molecule has 0 bridgehead atoms. The second-order valence-corrected chi connectivity index (χ2v) is 4.72. The molecular weight excluding hydrogens is 208 g/mol. The molecular formula is C11H20N2O3. The predicted molar refractivity (Wildman–Crippen MR) is 58.7 cm³/mol. The molecule has 1 amide bonds. The first kappa shape index (κ1) is 11.8. The van der Waals surface area contributed by atoms with Crippen LogP contribution in [0.25, 0.3) is 0 Å². The summed E-state index contributed by atoms with van der Waals surface area (Å²) in [4.78, 5) is 13.7. The van der Waals surface area contributed by atoms with Crippen LogP contribution in [0, 0.1) is 5.92 Å². The van der Waals surface area contributed by atoms with Crippen molar-refractivity contribution < 1.29 is 14.6 Å². The number of nitrogens with two attached hydrogens (primary N) is 1. The Labute approximate surface area is 95.5 Å². The van der Waals surface area contributed by atoms with Crippen LogP contribution in [0.1, 0.15) is 19.3 Å². The molecule has 92 valence electrons. The van der Waals surface area contributed by atoms with E-state index in [1.807, 2.05) is 0 Å². The highest BCUT2D eigenvalue weighted by molar-refractivity contribution is 5.77. The Morgan fingerprint density at radius 2 is 2.31 bits per heavy atom. The van der Waals surface area contributed by atoms with Crippen LogP contribution < -0.4 is 5.73 Å². The van der Waals surface area contributed by atoms with Crippen LogP contribution in [0.2, 0.25) is 0 Å². The molecule has 0 aromatic rings. The summed E-state index contributed by atoms with van der Waals surface area (Å²) in [5.74, 6) is 0.653. The van der Waals surface area contributed by atoms with Crippen LogP contribution >= 0.6 is 0 Å². The van der Waals surface area contributed by atoms with E-state index in [0.29, 0.717) is 32.0 Å². The highest BCUT2D eigenvalue weighted by atomic mass is 16.5. The maximum absolute atomic E-state index is 11.9. The van der Waals surface area contributed by atoms with Crippen molar-refractivity contribution in [2.75, 3.05) is 26.3 Å². The number of amides is 1. The second-order valence-electron chi connectivity index (χ2n) is 4.72. The van der Waals surface area contributed by atoms with E-state index in [1.165, 1.54) is 0 Å². The van der Waals surface area contributed by atoms with Gasteiger partial charge in [-0.1, -0.05) is 0 Å². The fourth-order valence-electron chi connectivity index (χ4n) is 2.08. The molecule has 1 saturated heterocycles. The zero-order chi connectivity index (χ0) is 11.5. The molecule has 0 spiro atoms. The molecule has 0 aromatic carbocycles. The minimum Gasteiger partial charge on any atom is -0.394 e. The van der Waals surface area contributed by atoms with Crippen LogP contribution in [0.5, 0.6) is 0 Å². The van der Waals surface area contributed by atoms with E-state index in [4.69, 9.17) is 15.6 Å². The largest absolute Gasteiger partial charge is 0.394 e. The van der Waals surface area contributed by atoms with Crippen molar-refractivity contribution in [2.24, 2.45) is 11.7 Å². The molecule has 2 unspecified atom stereocenters. The minimum atomic E-state index is -0.227. The number of morpholine rings is 1. The molecule has 0 aromatic heterocycles. The minimum absolute atomic E-state index is 0.0166. The highest BCUT2D eigenvalue weighted by Crippen LogP contribution is 2.33. The van der Waals surface area contributed by atoms with E-state index in [2.05, 4.69) is 0 Å². The van der Waals surface area contributed by atoms with Crippen molar-refractivity contribution in [2.45, 2.75) is 31.4 Å². The fourth-order valence-corrected chi connectivity index (χ4v) is 2.08. The Morgan fingerprint density at radius 3 is 2.94 bits per heavy atom. The summed E-state index contributed by atoms with van der Waals surface area (Å²) in [6, 6.07) is 0.0166. The number of nitrogens with zero attached hydrogens (tertiary/aromatic N) is 1. The fraction of sp³-hybridized carbons (Fsp3) is 0.909. The van der Waals surface area contributed by atoms with Crippen molar-refractivity contribution in [3.8, 4) is 0 Å². The van der Waals surface area contributed by atoms with E-state index in [9.17, 15) is 4.79 Å². The van der Waals surface area contributed by atoms with E-state index in [-0.39, 0.29) is 24.7 Å². The Bertz CT molecular complexity index is 256. The Balaban J connectivity index is 1.78. The van der Waals surface area contributed by atoms with E-state index < -0.39 is 0 Å². The first-order chi connectivity index (χ1) is 7.70. The number of carbonyl (C=O) groups is 1. The van der Waals surface area contributed by atoms with Crippen LogP contribution in [0.15, 0.2) is 0 Å². The van der Waals surface area contributed by atoms with Gasteiger partial charge in [0.05, 0.1) is 19.3 Å². The lowest BCUT2D eigenvalue weighted by molar-refractivity contribution is -0.140. The van der Waals surface area contributed by atoms with Gasteiger partial charge >= 0.3 is 0 Å². The predicted octanol–water partition coefficient (Wildman–Crippen LogP) is -0.667. The number of aliphatic hydroxyl groups excluding tert-OH is 1. The zero-order valence-corrected chi connectivity index (χ0v) is 9.47. The number of hydrogen-bond donors (Lipinski definition) is 2. The van der Waals surface area contributed by atoms with Gasteiger partial charge in [-0.05, 0) is 18.8 Å². The van der Waals surface area contributed by atoms with Gasteiger partial charge in [0.25, 0.3) is 0 Å².